The van der Waals surface area contributed by atoms with Gasteiger partial charge >= 0.3 is 0 Å². The Morgan fingerprint density at radius 1 is 0.694 bits per heavy atom. The van der Waals surface area contributed by atoms with Crippen LogP contribution in [-0.4, -0.2) is 23.6 Å². The smallest absolute Gasteiger partial charge is 0.262 e. The van der Waals surface area contributed by atoms with Crippen molar-refractivity contribution in [2.75, 3.05) is 14.9 Å². The molecule has 3 aromatic carbocycles. The molecular formula is C29H27N3O4. The molecule has 0 radical (unpaired) electrons. The van der Waals surface area contributed by atoms with Gasteiger partial charge in [-0.2, -0.15) is 0 Å². The number of nitrogens with zero attached hydrogens (tertiary/aromatic N) is 3. The van der Waals surface area contributed by atoms with Crippen LogP contribution in [0.1, 0.15) is 32.6 Å². The topological polar surface area (TPSA) is 78.0 Å². The summed E-state index contributed by atoms with van der Waals surface area (Å²) in [5, 5.41) is 2.74. The molecule has 0 spiro atoms. The molecule has 2 aliphatic heterocycles. The van der Waals surface area contributed by atoms with E-state index in [1.165, 1.54) is 10.0 Å². The molecule has 2 aliphatic rings. The third-order valence-corrected chi connectivity index (χ3v) is 7.03. The monoisotopic (exact) mass is 481 g/mol. The maximum atomic E-state index is 14.4. The van der Waals surface area contributed by atoms with Gasteiger partial charge in [-0.15, -0.1) is 0 Å². The number of hydrogen-bond acceptors (Lipinski definition) is 4. The van der Waals surface area contributed by atoms with Gasteiger partial charge in [-0.25, -0.2) is 10.0 Å². The number of amides is 4. The van der Waals surface area contributed by atoms with Crippen molar-refractivity contribution in [3.63, 3.8) is 0 Å². The number of anilines is 3. The standard InChI is InChI=1S/C29H27N3O4/c1-2-3-19-29(24-20-25(33)30(26(24)34)21-13-7-4-8-14-21)27(35)31(22-15-9-5-10-16-22)32(28(29)36)23-17-11-6-12-18-23/h4-18,24H,2-3,19-20H2,1H3/t24-/m1/s1. The lowest BCUT2D eigenvalue weighted by atomic mass is 9.70. The fraction of sp³-hybridized carbons (Fsp3) is 0.241. The Hall–Kier alpha value is -4.26. The number of unbranched alkanes of at least 4 members (excludes halogenated alkanes) is 1. The van der Waals surface area contributed by atoms with Crippen LogP contribution in [0.15, 0.2) is 91.0 Å². The molecule has 2 heterocycles. The summed E-state index contributed by atoms with van der Waals surface area (Å²) in [6.07, 6.45) is 1.28. The van der Waals surface area contributed by atoms with Crippen molar-refractivity contribution in [2.24, 2.45) is 11.3 Å². The fourth-order valence-corrected chi connectivity index (χ4v) is 5.26. The van der Waals surface area contributed by atoms with Crippen LogP contribution in [0, 0.1) is 11.3 Å². The normalized spacial score (nSPS) is 19.5. The fourth-order valence-electron chi connectivity index (χ4n) is 5.26. The van der Waals surface area contributed by atoms with Gasteiger partial charge in [-0.3, -0.25) is 24.1 Å². The van der Waals surface area contributed by atoms with Gasteiger partial charge in [0.15, 0.2) is 0 Å². The molecule has 36 heavy (non-hydrogen) atoms. The average Bonchev–Trinajstić information content (AvgIpc) is 3.33. The molecule has 0 saturated carbocycles. The van der Waals surface area contributed by atoms with E-state index in [-0.39, 0.29) is 12.8 Å². The van der Waals surface area contributed by atoms with E-state index in [0.717, 1.165) is 11.3 Å². The maximum Gasteiger partial charge on any atom is 0.262 e. The van der Waals surface area contributed by atoms with Crippen LogP contribution in [0.25, 0.3) is 0 Å². The maximum absolute atomic E-state index is 14.4. The Morgan fingerprint density at radius 2 is 1.14 bits per heavy atom. The Labute approximate surface area is 209 Å². The quantitative estimate of drug-likeness (QED) is 0.361. The van der Waals surface area contributed by atoms with E-state index in [1.807, 2.05) is 19.1 Å². The molecule has 0 bridgehead atoms. The molecule has 0 N–H and O–H groups in total. The molecular weight excluding hydrogens is 454 g/mol. The van der Waals surface area contributed by atoms with Gasteiger partial charge in [0.2, 0.25) is 11.8 Å². The third kappa shape index (κ3) is 3.59. The van der Waals surface area contributed by atoms with Gasteiger partial charge < -0.3 is 0 Å². The molecule has 4 amide bonds. The van der Waals surface area contributed by atoms with Gasteiger partial charge in [0.05, 0.1) is 23.0 Å². The zero-order valence-electron chi connectivity index (χ0n) is 20.0. The first-order valence-electron chi connectivity index (χ1n) is 12.2. The minimum atomic E-state index is -1.68. The number of rotatable bonds is 7. The van der Waals surface area contributed by atoms with Gasteiger partial charge in [0, 0.05) is 6.42 Å². The van der Waals surface area contributed by atoms with E-state index in [4.69, 9.17) is 0 Å². The predicted octanol–water partition coefficient (Wildman–Crippen LogP) is 4.74. The number of hydrogen-bond donors (Lipinski definition) is 0. The molecule has 7 heteroatoms. The van der Waals surface area contributed by atoms with Gasteiger partial charge in [-0.05, 0) is 42.8 Å². The largest absolute Gasteiger partial charge is 0.274 e. The Bertz CT molecular complexity index is 1240. The minimum Gasteiger partial charge on any atom is -0.274 e. The van der Waals surface area contributed by atoms with Crippen LogP contribution in [0.4, 0.5) is 17.1 Å². The van der Waals surface area contributed by atoms with Crippen LogP contribution in [0.3, 0.4) is 0 Å². The Balaban J connectivity index is 1.66. The van der Waals surface area contributed by atoms with Gasteiger partial charge in [-0.1, -0.05) is 74.4 Å². The van der Waals surface area contributed by atoms with E-state index in [1.54, 1.807) is 78.9 Å². The molecule has 0 unspecified atom stereocenters. The summed E-state index contributed by atoms with van der Waals surface area (Å²) >= 11 is 0. The molecule has 1 atom stereocenters. The van der Waals surface area contributed by atoms with Crippen LogP contribution < -0.4 is 14.9 Å². The van der Waals surface area contributed by atoms with Crippen LogP contribution in [-0.2, 0) is 19.2 Å². The molecule has 2 saturated heterocycles. The number of carbonyl (C=O) groups excluding carboxylic acids is 4. The predicted molar refractivity (Wildman–Crippen MR) is 137 cm³/mol. The SMILES string of the molecule is CCCCC1([C@@H]2CC(=O)N(c3ccccc3)C2=O)C(=O)N(c2ccccc2)N(c2ccccc2)C1=O. The minimum absolute atomic E-state index is 0.181. The highest BCUT2D eigenvalue weighted by Gasteiger charge is 2.67. The highest BCUT2D eigenvalue weighted by molar-refractivity contribution is 6.31. The molecule has 3 aromatic rings. The molecule has 5 rings (SSSR count). The van der Waals surface area contributed by atoms with Crippen molar-refractivity contribution in [3.8, 4) is 0 Å². The van der Waals surface area contributed by atoms with Crippen molar-refractivity contribution in [2.45, 2.75) is 32.6 Å². The van der Waals surface area contributed by atoms with E-state index in [2.05, 4.69) is 0 Å². The number of hydrazine groups is 1. The first kappa shape index (κ1) is 23.5. The molecule has 182 valence electrons. The summed E-state index contributed by atoms with van der Waals surface area (Å²) in [7, 11) is 0. The summed E-state index contributed by atoms with van der Waals surface area (Å²) in [5.41, 5.74) is -0.194. The molecule has 2 fully saturated rings. The van der Waals surface area contributed by atoms with Gasteiger partial charge in [0.25, 0.3) is 11.8 Å². The first-order chi connectivity index (χ1) is 17.5. The highest BCUT2D eigenvalue weighted by atomic mass is 16.2. The molecule has 7 nitrogen and oxygen atoms in total. The van der Waals surface area contributed by atoms with Crippen LogP contribution >= 0.6 is 0 Å². The second-order valence-corrected chi connectivity index (χ2v) is 9.14. The van der Waals surface area contributed by atoms with E-state index < -0.39 is 35.0 Å². The van der Waals surface area contributed by atoms with E-state index in [9.17, 15) is 19.2 Å². The second kappa shape index (κ2) is 9.41. The highest BCUT2D eigenvalue weighted by Crippen LogP contribution is 2.50. The lowest BCUT2D eigenvalue weighted by Crippen LogP contribution is -2.47. The third-order valence-electron chi connectivity index (χ3n) is 7.03. The van der Waals surface area contributed by atoms with Crippen molar-refractivity contribution >= 4 is 40.7 Å². The lowest BCUT2D eigenvalue weighted by Gasteiger charge is -2.29. The number of imide groups is 1. The molecule has 0 aromatic heterocycles. The number of benzene rings is 3. The van der Waals surface area contributed by atoms with Crippen LogP contribution in [0.2, 0.25) is 0 Å². The van der Waals surface area contributed by atoms with E-state index >= 15 is 0 Å². The summed E-state index contributed by atoms with van der Waals surface area (Å²) in [6.45, 7) is 1.97. The first-order valence-corrected chi connectivity index (χ1v) is 12.2. The average molecular weight is 482 g/mol. The number of para-hydroxylation sites is 3. The summed E-state index contributed by atoms with van der Waals surface area (Å²) in [4.78, 5) is 56.9. The molecule has 0 aliphatic carbocycles. The van der Waals surface area contributed by atoms with Crippen molar-refractivity contribution in [3.05, 3.63) is 91.0 Å². The number of carbonyl (C=O) groups is 4. The van der Waals surface area contributed by atoms with E-state index in [0.29, 0.717) is 23.5 Å². The van der Waals surface area contributed by atoms with Crippen molar-refractivity contribution < 1.29 is 19.2 Å². The second-order valence-electron chi connectivity index (χ2n) is 9.14. The Kier molecular flexibility index (Phi) is 6.14. The summed E-state index contributed by atoms with van der Waals surface area (Å²) in [6, 6.07) is 26.5. The summed E-state index contributed by atoms with van der Waals surface area (Å²) in [5.74, 6) is -2.95. The van der Waals surface area contributed by atoms with Gasteiger partial charge in [0.1, 0.15) is 5.41 Å². The lowest BCUT2D eigenvalue weighted by molar-refractivity contribution is -0.144. The zero-order chi connectivity index (χ0) is 25.3. The zero-order valence-corrected chi connectivity index (χ0v) is 20.0. The summed E-state index contributed by atoms with van der Waals surface area (Å²) < 4.78 is 0. The van der Waals surface area contributed by atoms with Crippen molar-refractivity contribution in [1.29, 1.82) is 0 Å². The van der Waals surface area contributed by atoms with Crippen molar-refractivity contribution in [1.82, 2.24) is 0 Å². The van der Waals surface area contributed by atoms with Crippen LogP contribution in [0.5, 0.6) is 0 Å². The Morgan fingerprint density at radius 3 is 1.58 bits per heavy atom.